The summed E-state index contributed by atoms with van der Waals surface area (Å²) in [4.78, 5) is 45.7. The summed E-state index contributed by atoms with van der Waals surface area (Å²) in [6.07, 6.45) is 3.75. The van der Waals surface area contributed by atoms with Crippen LogP contribution in [0.25, 0.3) is 11.1 Å². The van der Waals surface area contributed by atoms with Gasteiger partial charge in [-0.15, -0.1) is 0 Å². The molecule has 10 heteroatoms. The van der Waals surface area contributed by atoms with Gasteiger partial charge in [0, 0.05) is 43.5 Å². The number of nitrogens with zero attached hydrogens (tertiary/aromatic N) is 4. The fourth-order valence-corrected chi connectivity index (χ4v) is 6.80. The summed E-state index contributed by atoms with van der Waals surface area (Å²) in [5.41, 5.74) is 8.05. The molecule has 0 aliphatic heterocycles. The zero-order valence-electron chi connectivity index (χ0n) is 30.2. The summed E-state index contributed by atoms with van der Waals surface area (Å²) in [6, 6.07) is 32.4. The summed E-state index contributed by atoms with van der Waals surface area (Å²) in [7, 11) is 1.33. The number of rotatable bonds is 14. The highest BCUT2D eigenvalue weighted by Gasteiger charge is 2.31. The SMILES string of the molecule is CC[C@H](C)[C@@H](CN(Cc1ccc(C(=O)OC)cc1)C(=O)OCC1c2ccccc2-c2ccccc21)NC(=O)Cc1cncn1Cc1ccc(C#N)cc1. The standard InChI is InChI=1S/C43H43N5O5/c1-4-29(2)40(46-41(49)21-34-23-45-28-48(34)25-31-15-13-30(22-44)14-16-31)26-47(24-32-17-19-33(20-18-32)42(50)52-3)43(51)53-27-39-37-11-7-5-9-35(37)36-10-6-8-12-38(36)39/h5-20,23,28-29,39-40H,4,21,24-27H2,1-3H3,(H,46,49)/t29-,40+/m0/s1. The number of hydrogen-bond acceptors (Lipinski definition) is 7. The molecule has 0 saturated carbocycles. The van der Waals surface area contributed by atoms with Crippen LogP contribution in [0, 0.1) is 17.2 Å². The topological polar surface area (TPSA) is 127 Å². The monoisotopic (exact) mass is 709 g/mol. The molecule has 270 valence electrons. The van der Waals surface area contributed by atoms with Crippen molar-refractivity contribution in [2.45, 2.75) is 51.7 Å². The number of esters is 1. The maximum atomic E-state index is 14.1. The van der Waals surface area contributed by atoms with Crippen LogP contribution < -0.4 is 5.32 Å². The lowest BCUT2D eigenvalue weighted by Gasteiger charge is -2.31. The van der Waals surface area contributed by atoms with Gasteiger partial charge in [0.25, 0.3) is 0 Å². The number of carbonyl (C=O) groups excluding carboxylic acids is 3. The van der Waals surface area contributed by atoms with Crippen LogP contribution in [-0.2, 0) is 33.8 Å². The van der Waals surface area contributed by atoms with Crippen LogP contribution in [0.3, 0.4) is 0 Å². The van der Waals surface area contributed by atoms with Gasteiger partial charge in [-0.2, -0.15) is 5.26 Å². The Bertz CT molecular complexity index is 2060. The Kier molecular flexibility index (Phi) is 11.6. The van der Waals surface area contributed by atoms with E-state index in [0.717, 1.165) is 45.5 Å². The van der Waals surface area contributed by atoms with Gasteiger partial charge in [-0.05, 0) is 63.6 Å². The highest BCUT2D eigenvalue weighted by molar-refractivity contribution is 5.89. The molecule has 0 spiro atoms. The second kappa shape index (κ2) is 16.9. The molecule has 4 aromatic carbocycles. The summed E-state index contributed by atoms with van der Waals surface area (Å²) in [5, 5.41) is 12.3. The molecular formula is C43H43N5O5. The van der Waals surface area contributed by atoms with Crippen molar-refractivity contribution in [2.24, 2.45) is 5.92 Å². The summed E-state index contributed by atoms with van der Waals surface area (Å²) in [6.45, 7) is 5.20. The Balaban J connectivity index is 1.19. The number of fused-ring (bicyclic) bond motifs is 3. The van der Waals surface area contributed by atoms with Crippen molar-refractivity contribution in [3.8, 4) is 17.2 Å². The van der Waals surface area contributed by atoms with Crippen molar-refractivity contribution in [2.75, 3.05) is 20.3 Å². The molecule has 2 amide bonds. The summed E-state index contributed by atoms with van der Waals surface area (Å²) >= 11 is 0. The first-order valence-electron chi connectivity index (χ1n) is 17.8. The van der Waals surface area contributed by atoms with E-state index in [1.165, 1.54) is 7.11 Å². The van der Waals surface area contributed by atoms with Crippen molar-refractivity contribution in [1.82, 2.24) is 19.8 Å². The number of carbonyl (C=O) groups is 3. The third kappa shape index (κ3) is 8.64. The van der Waals surface area contributed by atoms with Crippen LogP contribution in [0.5, 0.6) is 0 Å². The summed E-state index contributed by atoms with van der Waals surface area (Å²) in [5.74, 6) is -0.700. The van der Waals surface area contributed by atoms with Crippen molar-refractivity contribution in [3.05, 3.63) is 149 Å². The van der Waals surface area contributed by atoms with Crippen LogP contribution in [0.2, 0.25) is 0 Å². The van der Waals surface area contributed by atoms with Gasteiger partial charge in [-0.25, -0.2) is 14.6 Å². The van der Waals surface area contributed by atoms with Crippen LogP contribution in [-0.4, -0.2) is 58.7 Å². The number of imidazole rings is 1. The average molecular weight is 710 g/mol. The first kappa shape index (κ1) is 36.6. The number of ether oxygens (including phenoxy) is 2. The molecule has 1 aliphatic carbocycles. The first-order valence-corrected chi connectivity index (χ1v) is 17.8. The maximum Gasteiger partial charge on any atom is 0.410 e. The van der Waals surface area contributed by atoms with Crippen LogP contribution >= 0.6 is 0 Å². The first-order chi connectivity index (χ1) is 25.8. The molecule has 0 radical (unpaired) electrons. The Hall–Kier alpha value is -6.21. The van der Waals surface area contributed by atoms with Gasteiger partial charge < -0.3 is 24.3 Å². The number of nitrogens with one attached hydrogen (secondary N) is 1. The lowest BCUT2D eigenvalue weighted by Crippen LogP contribution is -2.49. The molecule has 1 aliphatic rings. The number of hydrogen-bond donors (Lipinski definition) is 1. The van der Waals surface area contributed by atoms with E-state index >= 15 is 0 Å². The minimum absolute atomic E-state index is 0.0353. The molecule has 53 heavy (non-hydrogen) atoms. The van der Waals surface area contributed by atoms with Gasteiger partial charge in [0.05, 0.1) is 37.1 Å². The normalized spacial score (nSPS) is 12.9. The minimum Gasteiger partial charge on any atom is -0.465 e. The van der Waals surface area contributed by atoms with E-state index in [2.05, 4.69) is 54.5 Å². The number of aromatic nitrogens is 2. The molecule has 2 atom stereocenters. The minimum atomic E-state index is -0.494. The van der Waals surface area contributed by atoms with E-state index in [1.807, 2.05) is 41.0 Å². The number of benzene rings is 4. The van der Waals surface area contributed by atoms with Gasteiger partial charge in [-0.3, -0.25) is 4.79 Å². The lowest BCUT2D eigenvalue weighted by atomic mass is 9.98. The molecule has 0 unspecified atom stereocenters. The van der Waals surface area contributed by atoms with E-state index in [4.69, 9.17) is 14.7 Å². The fraction of sp³-hybridized carbons (Fsp3) is 0.279. The Morgan fingerprint density at radius 2 is 1.57 bits per heavy atom. The molecule has 1 aromatic heterocycles. The highest BCUT2D eigenvalue weighted by Crippen LogP contribution is 2.44. The Morgan fingerprint density at radius 1 is 0.925 bits per heavy atom. The second-order valence-corrected chi connectivity index (χ2v) is 13.4. The molecule has 6 rings (SSSR count). The highest BCUT2D eigenvalue weighted by atomic mass is 16.6. The molecule has 0 saturated heterocycles. The quantitative estimate of drug-likeness (QED) is 0.122. The fourth-order valence-electron chi connectivity index (χ4n) is 6.80. The predicted octanol–water partition coefficient (Wildman–Crippen LogP) is 7.11. The van der Waals surface area contributed by atoms with Crippen LogP contribution in [0.1, 0.15) is 70.1 Å². The zero-order valence-corrected chi connectivity index (χ0v) is 30.2. The number of nitriles is 1. The van der Waals surface area contributed by atoms with E-state index in [0.29, 0.717) is 17.7 Å². The Labute approximate surface area is 310 Å². The van der Waals surface area contributed by atoms with E-state index in [9.17, 15) is 14.4 Å². The largest absolute Gasteiger partial charge is 0.465 e. The molecular weight excluding hydrogens is 667 g/mol. The molecule has 0 bridgehead atoms. The van der Waals surface area contributed by atoms with Crippen molar-refractivity contribution in [1.29, 1.82) is 5.26 Å². The third-order valence-electron chi connectivity index (χ3n) is 10.0. The van der Waals surface area contributed by atoms with Crippen molar-refractivity contribution < 1.29 is 23.9 Å². The van der Waals surface area contributed by atoms with Crippen LogP contribution in [0.15, 0.2) is 110 Å². The molecule has 1 N–H and O–H groups in total. The number of methoxy groups -OCH3 is 1. The summed E-state index contributed by atoms with van der Waals surface area (Å²) < 4.78 is 12.9. The van der Waals surface area contributed by atoms with Gasteiger partial charge in [0.15, 0.2) is 0 Å². The van der Waals surface area contributed by atoms with Crippen molar-refractivity contribution in [3.63, 3.8) is 0 Å². The van der Waals surface area contributed by atoms with Gasteiger partial charge in [0.1, 0.15) is 6.61 Å². The van der Waals surface area contributed by atoms with Gasteiger partial charge in [-0.1, -0.05) is 93.1 Å². The van der Waals surface area contributed by atoms with Crippen LogP contribution in [0.4, 0.5) is 4.79 Å². The van der Waals surface area contributed by atoms with Gasteiger partial charge >= 0.3 is 12.1 Å². The number of amides is 2. The molecule has 0 fully saturated rings. The maximum absolute atomic E-state index is 14.1. The zero-order chi connectivity index (χ0) is 37.3. The smallest absolute Gasteiger partial charge is 0.410 e. The van der Waals surface area contributed by atoms with Crippen molar-refractivity contribution >= 4 is 18.0 Å². The second-order valence-electron chi connectivity index (χ2n) is 13.4. The van der Waals surface area contributed by atoms with E-state index in [1.54, 1.807) is 53.8 Å². The molecule has 5 aromatic rings. The predicted molar refractivity (Wildman–Crippen MR) is 201 cm³/mol. The van der Waals surface area contributed by atoms with E-state index < -0.39 is 12.1 Å². The Morgan fingerprint density at radius 3 is 2.19 bits per heavy atom. The lowest BCUT2D eigenvalue weighted by molar-refractivity contribution is -0.121. The van der Waals surface area contributed by atoms with E-state index in [-0.39, 0.29) is 49.9 Å². The van der Waals surface area contributed by atoms with Gasteiger partial charge in [0.2, 0.25) is 5.91 Å². The third-order valence-corrected chi connectivity index (χ3v) is 10.0. The average Bonchev–Trinajstić information content (AvgIpc) is 3.77. The molecule has 1 heterocycles. The molecule has 10 nitrogen and oxygen atoms in total.